The molecule has 1 aliphatic rings. The summed E-state index contributed by atoms with van der Waals surface area (Å²) in [5.41, 5.74) is 9.23. The molecule has 0 spiro atoms. The van der Waals surface area contributed by atoms with Crippen LogP contribution in [-0.2, 0) is 9.59 Å². The number of amides is 2. The largest absolute Gasteiger partial charge is 0.368 e. The molecule has 1 atom stereocenters. The molecule has 1 aromatic heterocycles. The molecule has 0 aliphatic carbocycles. The maximum Gasteiger partial charge on any atom is 0.239 e. The lowest BCUT2D eigenvalue weighted by molar-refractivity contribution is -0.123. The van der Waals surface area contributed by atoms with Gasteiger partial charge in [-0.25, -0.2) is 4.68 Å². The number of hydrogen-bond donors (Lipinski definition) is 2. The predicted molar refractivity (Wildman–Crippen MR) is 116 cm³/mol. The zero-order valence-electron chi connectivity index (χ0n) is 16.9. The van der Waals surface area contributed by atoms with E-state index in [1.54, 1.807) is 4.68 Å². The summed E-state index contributed by atoms with van der Waals surface area (Å²) in [4.78, 5) is 26.2. The van der Waals surface area contributed by atoms with Crippen molar-refractivity contribution in [2.75, 3.05) is 18.4 Å². The lowest BCUT2D eigenvalue weighted by Crippen LogP contribution is -2.43. The van der Waals surface area contributed by atoms with Crippen LogP contribution in [0.15, 0.2) is 60.7 Å². The summed E-state index contributed by atoms with van der Waals surface area (Å²) in [5, 5.41) is 7.69. The maximum absolute atomic E-state index is 12.8. The fraction of sp³-hybridized carbons (Fsp3) is 0.261. The van der Waals surface area contributed by atoms with E-state index in [1.807, 2.05) is 72.5 Å². The molecule has 154 valence electrons. The van der Waals surface area contributed by atoms with Crippen molar-refractivity contribution in [2.45, 2.75) is 25.8 Å². The number of carbonyl (C=O) groups is 2. The minimum atomic E-state index is -0.378. The molecule has 7 nitrogen and oxygen atoms in total. The van der Waals surface area contributed by atoms with E-state index >= 15 is 0 Å². The van der Waals surface area contributed by atoms with Gasteiger partial charge in [0.25, 0.3) is 0 Å². The van der Waals surface area contributed by atoms with Gasteiger partial charge in [0, 0.05) is 11.6 Å². The van der Waals surface area contributed by atoms with Gasteiger partial charge in [-0.3, -0.25) is 14.5 Å². The summed E-state index contributed by atoms with van der Waals surface area (Å²) in [6.07, 6.45) is 1.56. The summed E-state index contributed by atoms with van der Waals surface area (Å²) in [5.74, 6) is 0.00330. The first-order valence-corrected chi connectivity index (χ1v) is 10.1. The number of benzene rings is 2. The number of rotatable bonds is 6. The average Bonchev–Trinajstić information content (AvgIpc) is 3.36. The van der Waals surface area contributed by atoms with Crippen LogP contribution in [0, 0.1) is 6.92 Å². The number of hydrogen-bond acceptors (Lipinski definition) is 4. The molecule has 0 radical (unpaired) electrons. The van der Waals surface area contributed by atoms with E-state index in [2.05, 4.69) is 5.32 Å². The second-order valence-electron chi connectivity index (χ2n) is 7.61. The van der Waals surface area contributed by atoms with Gasteiger partial charge in [0.2, 0.25) is 11.8 Å². The smallest absolute Gasteiger partial charge is 0.239 e. The highest BCUT2D eigenvalue weighted by atomic mass is 16.2. The van der Waals surface area contributed by atoms with Crippen molar-refractivity contribution in [1.29, 1.82) is 0 Å². The molecule has 1 fully saturated rings. The van der Waals surface area contributed by atoms with Gasteiger partial charge in [0.15, 0.2) is 0 Å². The highest BCUT2D eigenvalue weighted by Gasteiger charge is 2.30. The molecular weight excluding hydrogens is 378 g/mol. The van der Waals surface area contributed by atoms with E-state index < -0.39 is 0 Å². The third-order valence-electron chi connectivity index (χ3n) is 5.36. The second-order valence-corrected chi connectivity index (χ2v) is 7.61. The third-order valence-corrected chi connectivity index (χ3v) is 5.36. The number of aryl methyl sites for hydroxylation is 1. The summed E-state index contributed by atoms with van der Waals surface area (Å²) in [7, 11) is 0. The molecular formula is C23H25N5O2. The molecule has 1 saturated heterocycles. The number of carbonyl (C=O) groups excluding carboxylic acids is 2. The Bertz CT molecular complexity index is 1040. The first-order valence-electron chi connectivity index (χ1n) is 10.1. The number of primary amides is 1. The summed E-state index contributed by atoms with van der Waals surface area (Å²) >= 11 is 0. The van der Waals surface area contributed by atoms with Gasteiger partial charge >= 0.3 is 0 Å². The fourth-order valence-electron chi connectivity index (χ4n) is 3.81. The Hall–Kier alpha value is -3.45. The third kappa shape index (κ3) is 4.26. The first-order chi connectivity index (χ1) is 14.5. The van der Waals surface area contributed by atoms with Crippen LogP contribution in [0.2, 0.25) is 0 Å². The van der Waals surface area contributed by atoms with Gasteiger partial charge in [-0.2, -0.15) is 5.10 Å². The normalized spacial score (nSPS) is 16.5. The molecule has 4 rings (SSSR count). The van der Waals surface area contributed by atoms with E-state index in [0.29, 0.717) is 18.8 Å². The van der Waals surface area contributed by atoms with Crippen molar-refractivity contribution in [3.8, 4) is 16.9 Å². The average molecular weight is 403 g/mol. The first kappa shape index (κ1) is 19.8. The van der Waals surface area contributed by atoms with Gasteiger partial charge in [-0.15, -0.1) is 0 Å². The Kier molecular flexibility index (Phi) is 5.63. The molecule has 2 aromatic carbocycles. The molecule has 7 heteroatoms. The number of anilines is 1. The molecule has 3 aromatic rings. The van der Waals surface area contributed by atoms with Crippen molar-refractivity contribution in [3.05, 3.63) is 66.2 Å². The van der Waals surface area contributed by atoms with Crippen molar-refractivity contribution in [1.82, 2.24) is 14.7 Å². The molecule has 1 unspecified atom stereocenters. The highest BCUT2D eigenvalue weighted by Crippen LogP contribution is 2.25. The van der Waals surface area contributed by atoms with E-state index in [0.717, 1.165) is 23.4 Å². The van der Waals surface area contributed by atoms with Crippen LogP contribution in [0.3, 0.4) is 0 Å². The number of para-hydroxylation sites is 1. The Morgan fingerprint density at radius 1 is 1.13 bits per heavy atom. The van der Waals surface area contributed by atoms with Crippen LogP contribution in [-0.4, -0.2) is 45.6 Å². The van der Waals surface area contributed by atoms with E-state index in [-0.39, 0.29) is 24.4 Å². The van der Waals surface area contributed by atoms with Gasteiger partial charge < -0.3 is 11.1 Å². The quantitative estimate of drug-likeness (QED) is 0.662. The minimum absolute atomic E-state index is 0.118. The molecule has 1 aliphatic heterocycles. The van der Waals surface area contributed by atoms with E-state index in [4.69, 9.17) is 10.8 Å². The topological polar surface area (TPSA) is 93.3 Å². The lowest BCUT2D eigenvalue weighted by atomic mass is 10.1. The van der Waals surface area contributed by atoms with Crippen LogP contribution >= 0.6 is 0 Å². The van der Waals surface area contributed by atoms with Gasteiger partial charge in [0.1, 0.15) is 5.82 Å². The van der Waals surface area contributed by atoms with Crippen LogP contribution in [0.25, 0.3) is 16.9 Å². The van der Waals surface area contributed by atoms with Crippen molar-refractivity contribution in [2.24, 2.45) is 5.73 Å². The van der Waals surface area contributed by atoms with Crippen LogP contribution < -0.4 is 11.1 Å². The van der Waals surface area contributed by atoms with Gasteiger partial charge in [-0.05, 0) is 38.4 Å². The molecule has 3 N–H and O–H groups in total. The molecule has 0 saturated carbocycles. The van der Waals surface area contributed by atoms with Crippen LogP contribution in [0.4, 0.5) is 5.82 Å². The molecule has 30 heavy (non-hydrogen) atoms. The monoisotopic (exact) mass is 403 g/mol. The Balaban J connectivity index is 1.60. The van der Waals surface area contributed by atoms with Gasteiger partial charge in [0.05, 0.1) is 24.0 Å². The molecule has 2 heterocycles. The number of nitrogens with one attached hydrogen (secondary N) is 1. The summed E-state index contributed by atoms with van der Waals surface area (Å²) < 4.78 is 1.72. The lowest BCUT2D eigenvalue weighted by Gasteiger charge is -2.21. The Morgan fingerprint density at radius 2 is 1.87 bits per heavy atom. The highest BCUT2D eigenvalue weighted by molar-refractivity contribution is 5.93. The molecule has 0 bridgehead atoms. The minimum Gasteiger partial charge on any atom is -0.368 e. The number of nitrogens with zero attached hydrogens (tertiary/aromatic N) is 3. The summed E-state index contributed by atoms with van der Waals surface area (Å²) in [6, 6.07) is 19.2. The zero-order valence-corrected chi connectivity index (χ0v) is 16.9. The SMILES string of the molecule is Cc1ccc(-c2cc(NC(=O)CN3CCCC3C(N)=O)n(-c3ccccc3)n2)cc1. The van der Waals surface area contributed by atoms with E-state index in [9.17, 15) is 9.59 Å². The van der Waals surface area contributed by atoms with Crippen molar-refractivity contribution in [3.63, 3.8) is 0 Å². The van der Waals surface area contributed by atoms with Crippen molar-refractivity contribution < 1.29 is 9.59 Å². The van der Waals surface area contributed by atoms with Crippen LogP contribution in [0.1, 0.15) is 18.4 Å². The second kappa shape index (κ2) is 8.51. The Morgan fingerprint density at radius 3 is 2.57 bits per heavy atom. The summed E-state index contributed by atoms with van der Waals surface area (Å²) in [6.45, 7) is 2.84. The standard InChI is InChI=1S/C23H25N5O2/c1-16-9-11-17(12-10-16)19-14-21(28(26-19)18-6-3-2-4-7-18)25-22(29)15-27-13-5-8-20(27)23(24)30/h2-4,6-7,9-12,14,20H,5,8,13,15H2,1H3,(H2,24,30)(H,25,29). The number of nitrogens with two attached hydrogens (primary N) is 1. The fourth-order valence-corrected chi connectivity index (χ4v) is 3.81. The zero-order chi connectivity index (χ0) is 21.1. The number of likely N-dealkylation sites (tertiary alicyclic amines) is 1. The van der Waals surface area contributed by atoms with Crippen molar-refractivity contribution >= 4 is 17.6 Å². The predicted octanol–water partition coefficient (Wildman–Crippen LogP) is 2.74. The maximum atomic E-state index is 12.8. The van der Waals surface area contributed by atoms with Crippen LogP contribution in [0.5, 0.6) is 0 Å². The number of aromatic nitrogens is 2. The molecule has 2 amide bonds. The Labute approximate surface area is 175 Å². The van der Waals surface area contributed by atoms with Gasteiger partial charge in [-0.1, -0.05) is 48.0 Å². The van der Waals surface area contributed by atoms with E-state index in [1.165, 1.54) is 5.56 Å².